The third-order valence-corrected chi connectivity index (χ3v) is 4.05. The van der Waals surface area contributed by atoms with Crippen LogP contribution in [0.5, 0.6) is 11.5 Å². The number of carboxylic acid groups (broad SMARTS) is 1. The third-order valence-electron chi connectivity index (χ3n) is 3.64. The number of amides is 1. The van der Waals surface area contributed by atoms with E-state index >= 15 is 0 Å². The number of ether oxygens (including phenoxy) is 2. The van der Waals surface area contributed by atoms with Gasteiger partial charge in [-0.15, -0.1) is 0 Å². The van der Waals surface area contributed by atoms with E-state index in [1.165, 1.54) is 25.3 Å². The number of methoxy groups -OCH3 is 1. The monoisotopic (exact) mass is 400 g/mol. The molecule has 0 saturated heterocycles. The molecular weight excluding hydrogens is 384 g/mol. The van der Waals surface area contributed by atoms with Gasteiger partial charge in [-0.1, -0.05) is 23.7 Å². The van der Waals surface area contributed by atoms with Crippen LogP contribution in [0.3, 0.4) is 0 Å². The molecule has 0 aliphatic rings. The number of rotatable bonds is 7. The Bertz CT molecular complexity index is 979. The van der Waals surface area contributed by atoms with E-state index in [0.717, 1.165) is 5.56 Å². The predicted molar refractivity (Wildman–Crippen MR) is 105 cm³/mol. The fourth-order valence-corrected chi connectivity index (χ4v) is 2.40. The molecule has 0 unspecified atom stereocenters. The maximum atomic E-state index is 12.4. The molecule has 2 aromatic rings. The van der Waals surface area contributed by atoms with Crippen LogP contribution in [0.1, 0.15) is 11.1 Å². The van der Waals surface area contributed by atoms with Gasteiger partial charge in [-0.3, -0.25) is 4.79 Å². The number of halogens is 1. The molecule has 0 fully saturated rings. The molecule has 0 atom stereocenters. The van der Waals surface area contributed by atoms with Crippen LogP contribution in [-0.4, -0.2) is 30.7 Å². The number of aryl methyl sites for hydroxylation is 1. The van der Waals surface area contributed by atoms with Crippen LogP contribution in [0.15, 0.2) is 42.0 Å². The second-order valence-corrected chi connectivity index (χ2v) is 6.09. The maximum absolute atomic E-state index is 12.4. The molecule has 0 heterocycles. The normalized spacial score (nSPS) is 10.7. The number of nitrogens with zero attached hydrogens (tertiary/aromatic N) is 1. The molecule has 0 bridgehead atoms. The molecule has 2 aromatic carbocycles. The van der Waals surface area contributed by atoms with Gasteiger partial charge in [0.25, 0.3) is 5.91 Å². The molecule has 0 radical (unpaired) electrons. The number of anilines is 1. The molecule has 144 valence electrons. The molecule has 0 aliphatic carbocycles. The molecule has 2 N–H and O–H groups in total. The number of benzene rings is 2. The van der Waals surface area contributed by atoms with E-state index in [2.05, 4.69) is 5.32 Å². The average molecular weight is 401 g/mol. The largest absolute Gasteiger partial charge is 0.493 e. The van der Waals surface area contributed by atoms with Crippen molar-refractivity contribution >= 4 is 35.2 Å². The molecule has 1 amide bonds. The molecular formula is C20H17ClN2O5. The second kappa shape index (κ2) is 9.44. The summed E-state index contributed by atoms with van der Waals surface area (Å²) in [5.74, 6) is -1.20. The van der Waals surface area contributed by atoms with Crippen molar-refractivity contribution in [2.24, 2.45) is 0 Å². The Balaban J connectivity index is 2.22. The zero-order chi connectivity index (χ0) is 20.7. The second-order valence-electron chi connectivity index (χ2n) is 5.68. The van der Waals surface area contributed by atoms with E-state index < -0.39 is 18.5 Å². The minimum Gasteiger partial charge on any atom is -0.493 e. The van der Waals surface area contributed by atoms with Crippen LogP contribution < -0.4 is 14.8 Å². The van der Waals surface area contributed by atoms with Crippen molar-refractivity contribution in [1.29, 1.82) is 5.26 Å². The van der Waals surface area contributed by atoms with Crippen molar-refractivity contribution in [2.45, 2.75) is 6.92 Å². The topological polar surface area (TPSA) is 109 Å². The summed E-state index contributed by atoms with van der Waals surface area (Å²) >= 11 is 6.04. The Morgan fingerprint density at radius 1 is 1.25 bits per heavy atom. The molecule has 0 spiro atoms. The predicted octanol–water partition coefficient (Wildman–Crippen LogP) is 3.67. The van der Waals surface area contributed by atoms with Gasteiger partial charge in [0.05, 0.1) is 7.11 Å². The van der Waals surface area contributed by atoms with E-state index in [4.69, 9.17) is 26.2 Å². The van der Waals surface area contributed by atoms with Crippen molar-refractivity contribution < 1.29 is 24.2 Å². The number of nitrogens with one attached hydrogen (secondary N) is 1. The van der Waals surface area contributed by atoms with Gasteiger partial charge in [0, 0.05) is 10.7 Å². The van der Waals surface area contributed by atoms with Crippen LogP contribution in [0.4, 0.5) is 5.69 Å². The minimum absolute atomic E-state index is 0.127. The van der Waals surface area contributed by atoms with Crippen LogP contribution >= 0.6 is 11.6 Å². The quantitative estimate of drug-likeness (QED) is 0.542. The van der Waals surface area contributed by atoms with Gasteiger partial charge in [0.15, 0.2) is 18.1 Å². The highest BCUT2D eigenvalue weighted by Crippen LogP contribution is 2.29. The number of hydrogen-bond acceptors (Lipinski definition) is 5. The molecule has 0 saturated carbocycles. The lowest BCUT2D eigenvalue weighted by molar-refractivity contribution is -0.139. The summed E-state index contributed by atoms with van der Waals surface area (Å²) in [5, 5.41) is 21.1. The molecule has 28 heavy (non-hydrogen) atoms. The molecule has 8 heteroatoms. The van der Waals surface area contributed by atoms with Crippen molar-refractivity contribution in [3.8, 4) is 17.6 Å². The zero-order valence-corrected chi connectivity index (χ0v) is 15.9. The Labute approximate surface area is 166 Å². The smallest absolute Gasteiger partial charge is 0.341 e. The van der Waals surface area contributed by atoms with E-state index in [0.29, 0.717) is 16.3 Å². The fourth-order valence-electron chi connectivity index (χ4n) is 2.22. The lowest BCUT2D eigenvalue weighted by atomic mass is 10.1. The lowest BCUT2D eigenvalue weighted by Gasteiger charge is -2.10. The Morgan fingerprint density at radius 3 is 2.61 bits per heavy atom. The van der Waals surface area contributed by atoms with E-state index in [1.807, 2.05) is 13.0 Å². The van der Waals surface area contributed by atoms with Gasteiger partial charge in [-0.2, -0.15) is 5.26 Å². The van der Waals surface area contributed by atoms with Gasteiger partial charge in [0.1, 0.15) is 11.6 Å². The van der Waals surface area contributed by atoms with Crippen molar-refractivity contribution in [3.63, 3.8) is 0 Å². The Kier molecular flexibility index (Phi) is 7.02. The number of carbonyl (C=O) groups excluding carboxylic acids is 1. The number of nitriles is 1. The lowest BCUT2D eigenvalue weighted by Crippen LogP contribution is -2.13. The molecule has 0 aliphatic heterocycles. The van der Waals surface area contributed by atoms with Gasteiger partial charge in [-0.25, -0.2) is 4.79 Å². The number of carbonyl (C=O) groups is 2. The first kappa shape index (κ1) is 20.8. The van der Waals surface area contributed by atoms with Gasteiger partial charge in [0.2, 0.25) is 0 Å². The van der Waals surface area contributed by atoms with Gasteiger partial charge < -0.3 is 19.9 Å². The first-order valence-electron chi connectivity index (χ1n) is 8.06. The first-order chi connectivity index (χ1) is 13.3. The third kappa shape index (κ3) is 5.50. The SMILES string of the molecule is COc1cc(/C=C(\C#N)C(=O)Nc2ccc(C)c(Cl)c2)ccc1OCC(=O)O. The van der Waals surface area contributed by atoms with Gasteiger partial charge >= 0.3 is 5.97 Å². The summed E-state index contributed by atoms with van der Waals surface area (Å²) in [6, 6.07) is 11.5. The Morgan fingerprint density at radius 2 is 2.00 bits per heavy atom. The van der Waals surface area contributed by atoms with Crippen LogP contribution in [0.2, 0.25) is 5.02 Å². The van der Waals surface area contributed by atoms with Gasteiger partial charge in [-0.05, 0) is 48.4 Å². The Hall–Kier alpha value is -3.50. The molecule has 2 rings (SSSR count). The highest BCUT2D eigenvalue weighted by molar-refractivity contribution is 6.31. The summed E-state index contributed by atoms with van der Waals surface area (Å²) in [6.07, 6.45) is 1.38. The number of carboxylic acids is 1. The van der Waals surface area contributed by atoms with Crippen LogP contribution in [0, 0.1) is 18.3 Å². The van der Waals surface area contributed by atoms with Crippen LogP contribution in [-0.2, 0) is 9.59 Å². The van der Waals surface area contributed by atoms with E-state index in [1.54, 1.807) is 24.3 Å². The standard InChI is InChI=1S/C20H17ClN2O5/c1-12-3-5-15(9-16(12)21)23-20(26)14(10-22)7-13-4-6-17(18(8-13)27-2)28-11-19(24)25/h3-9H,11H2,1-2H3,(H,23,26)(H,24,25)/b14-7+. The highest BCUT2D eigenvalue weighted by atomic mass is 35.5. The summed E-state index contributed by atoms with van der Waals surface area (Å²) in [4.78, 5) is 23.0. The number of hydrogen-bond donors (Lipinski definition) is 2. The van der Waals surface area contributed by atoms with Crippen molar-refractivity contribution in [3.05, 3.63) is 58.1 Å². The van der Waals surface area contributed by atoms with Crippen molar-refractivity contribution in [1.82, 2.24) is 0 Å². The fraction of sp³-hybridized carbons (Fsp3) is 0.150. The van der Waals surface area contributed by atoms with E-state index in [9.17, 15) is 14.9 Å². The summed E-state index contributed by atoms with van der Waals surface area (Å²) in [7, 11) is 1.40. The first-order valence-corrected chi connectivity index (χ1v) is 8.43. The summed E-state index contributed by atoms with van der Waals surface area (Å²) in [6.45, 7) is 1.32. The summed E-state index contributed by atoms with van der Waals surface area (Å²) < 4.78 is 10.3. The minimum atomic E-state index is -1.12. The average Bonchev–Trinajstić information content (AvgIpc) is 2.67. The zero-order valence-electron chi connectivity index (χ0n) is 15.2. The van der Waals surface area contributed by atoms with Crippen LogP contribution in [0.25, 0.3) is 6.08 Å². The summed E-state index contributed by atoms with van der Waals surface area (Å²) in [5.41, 5.74) is 1.72. The molecule has 0 aromatic heterocycles. The number of aliphatic carboxylic acids is 1. The maximum Gasteiger partial charge on any atom is 0.341 e. The van der Waals surface area contributed by atoms with E-state index in [-0.39, 0.29) is 17.1 Å². The highest BCUT2D eigenvalue weighted by Gasteiger charge is 2.12. The molecule has 7 nitrogen and oxygen atoms in total. The van der Waals surface area contributed by atoms with Crippen molar-refractivity contribution in [2.75, 3.05) is 19.0 Å².